The highest BCUT2D eigenvalue weighted by atomic mass is 32.2. The van der Waals surface area contributed by atoms with Crippen molar-refractivity contribution in [3.8, 4) is 51.4 Å². The van der Waals surface area contributed by atoms with E-state index in [2.05, 4.69) is 91.9 Å². The Bertz CT molecular complexity index is 2480. The minimum Gasteiger partial charge on any atom is -0.545 e. The summed E-state index contributed by atoms with van der Waals surface area (Å²) in [4.78, 5) is 16.4. The Morgan fingerprint density at radius 1 is 0.483 bits per heavy atom. The molecule has 0 unspecified atom stereocenters. The van der Waals surface area contributed by atoms with E-state index in [0.29, 0.717) is 28.4 Å². The van der Waals surface area contributed by atoms with Gasteiger partial charge in [-0.3, -0.25) is 0 Å². The van der Waals surface area contributed by atoms with Gasteiger partial charge in [-0.15, -0.1) is 0 Å². The predicted octanol–water partition coefficient (Wildman–Crippen LogP) is 13.1. The first-order valence-electron chi connectivity index (χ1n) is 19.8. The van der Waals surface area contributed by atoms with Crippen LogP contribution in [0.2, 0.25) is 0 Å². The third-order valence-corrected chi connectivity index (χ3v) is 11.4. The Hall–Kier alpha value is -7.22. The number of aromatic carboxylic acids is 1. The van der Waals surface area contributed by atoms with Crippen molar-refractivity contribution in [1.82, 2.24) is 0 Å². The van der Waals surface area contributed by atoms with Crippen molar-refractivity contribution in [1.29, 1.82) is 0 Å². The van der Waals surface area contributed by atoms with E-state index < -0.39 is 5.97 Å². The molecule has 0 aliphatic heterocycles. The van der Waals surface area contributed by atoms with E-state index in [1.54, 1.807) is 36.4 Å². The van der Waals surface area contributed by atoms with Gasteiger partial charge in [-0.1, -0.05) is 135 Å². The van der Waals surface area contributed by atoms with Crippen molar-refractivity contribution in [3.05, 3.63) is 218 Å². The second-order valence-electron chi connectivity index (χ2n) is 13.5. The molecule has 0 aliphatic rings. The van der Waals surface area contributed by atoms with Crippen LogP contribution in [0.1, 0.15) is 30.1 Å². The molecule has 0 bridgehead atoms. The summed E-state index contributed by atoms with van der Waals surface area (Å²) >= 11 is 0. The van der Waals surface area contributed by atoms with E-state index in [4.69, 9.17) is 18.9 Å². The summed E-state index contributed by atoms with van der Waals surface area (Å²) in [6.45, 7) is 2.97. The number of carbonyl (C=O) groups excluding carboxylic acids is 1. The minimum atomic E-state index is -1.36. The molecule has 0 atom stereocenters. The summed E-state index contributed by atoms with van der Waals surface area (Å²) in [5.74, 6) is 1.75. The summed E-state index contributed by atoms with van der Waals surface area (Å²) in [6, 6.07) is 67.9. The maximum absolute atomic E-state index is 12.4. The van der Waals surface area contributed by atoms with Crippen LogP contribution in [0.3, 0.4) is 0 Å². The number of carbonyl (C=O) groups is 1. The highest BCUT2D eigenvalue weighted by Crippen LogP contribution is 2.51. The Morgan fingerprint density at radius 3 is 1.37 bits per heavy atom. The van der Waals surface area contributed by atoms with Crippen LogP contribution < -0.4 is 24.1 Å². The molecule has 0 saturated carbocycles. The number of rotatable bonds is 15. The molecule has 8 rings (SSSR count). The van der Waals surface area contributed by atoms with Gasteiger partial charge in [-0.05, 0) is 103 Å². The van der Waals surface area contributed by atoms with Gasteiger partial charge in [-0.25, -0.2) is 0 Å². The summed E-state index contributed by atoms with van der Waals surface area (Å²) in [6.07, 6.45) is 2.25. The molecule has 8 aromatic rings. The van der Waals surface area contributed by atoms with Crippen LogP contribution in [0, 0.1) is 0 Å². The molecule has 7 heteroatoms. The maximum Gasteiger partial charge on any atom is 0.213 e. The van der Waals surface area contributed by atoms with Crippen molar-refractivity contribution >= 4 is 16.9 Å². The van der Waals surface area contributed by atoms with Gasteiger partial charge in [-0.2, -0.15) is 0 Å². The van der Waals surface area contributed by atoms with Crippen LogP contribution >= 0.6 is 0 Å². The van der Waals surface area contributed by atoms with Gasteiger partial charge in [0, 0.05) is 11.1 Å². The number of carboxylic acid groups (broad SMARTS) is 1. The number of hydrogen-bond acceptors (Lipinski definition) is 6. The molecule has 298 valence electrons. The molecular formula is C53H44O6S. The Kier molecular flexibility index (Phi) is 14.3. The van der Waals surface area contributed by atoms with E-state index in [1.165, 1.54) is 20.8 Å². The largest absolute Gasteiger partial charge is 0.545 e. The van der Waals surface area contributed by atoms with Crippen molar-refractivity contribution < 1.29 is 28.8 Å². The molecule has 0 saturated heterocycles. The topological polar surface area (TPSA) is 77.1 Å². The lowest BCUT2D eigenvalue weighted by Crippen LogP contribution is -2.23. The van der Waals surface area contributed by atoms with Crippen molar-refractivity contribution in [2.45, 2.75) is 34.5 Å². The first-order chi connectivity index (χ1) is 29.6. The van der Waals surface area contributed by atoms with Crippen molar-refractivity contribution in [2.75, 3.05) is 6.61 Å². The lowest BCUT2D eigenvalue weighted by atomic mass is 9.97. The van der Waals surface area contributed by atoms with Gasteiger partial charge in [0.05, 0.1) is 23.5 Å². The third-order valence-electron chi connectivity index (χ3n) is 9.17. The van der Waals surface area contributed by atoms with Crippen LogP contribution in [0.15, 0.2) is 227 Å². The molecule has 0 N–H and O–H groups in total. The van der Waals surface area contributed by atoms with Crippen LogP contribution in [-0.2, 0) is 10.9 Å². The predicted molar refractivity (Wildman–Crippen MR) is 238 cm³/mol. The summed E-state index contributed by atoms with van der Waals surface area (Å²) in [7, 11) is -0.0858. The quantitative estimate of drug-likeness (QED) is 0.0758. The average molecular weight is 809 g/mol. The lowest BCUT2D eigenvalue weighted by molar-refractivity contribution is -0.255. The van der Waals surface area contributed by atoms with Crippen LogP contribution in [0.5, 0.6) is 40.2 Å². The zero-order valence-electron chi connectivity index (χ0n) is 33.2. The van der Waals surface area contributed by atoms with E-state index >= 15 is 0 Å². The molecule has 0 heterocycles. The highest BCUT2D eigenvalue weighted by Gasteiger charge is 2.28. The normalized spacial score (nSPS) is 10.6. The zero-order valence-corrected chi connectivity index (χ0v) is 34.0. The molecule has 8 aromatic carbocycles. The number of ether oxygens (including phenoxy) is 4. The molecule has 0 aliphatic carbocycles. The molecule has 6 nitrogen and oxygen atoms in total. The van der Waals surface area contributed by atoms with Crippen LogP contribution in [-0.4, -0.2) is 12.6 Å². The molecule has 0 spiro atoms. The van der Waals surface area contributed by atoms with Gasteiger partial charge >= 0.3 is 0 Å². The van der Waals surface area contributed by atoms with E-state index in [0.717, 1.165) is 25.2 Å². The number of carboxylic acids is 1. The molecule has 0 amide bonds. The van der Waals surface area contributed by atoms with E-state index in [1.807, 2.05) is 84.9 Å². The van der Waals surface area contributed by atoms with E-state index in [-0.39, 0.29) is 33.7 Å². The molecular weight excluding hydrogens is 765 g/mol. The average Bonchev–Trinajstić information content (AvgIpc) is 3.30. The zero-order chi connectivity index (χ0) is 41.4. The van der Waals surface area contributed by atoms with Gasteiger partial charge in [0.15, 0.2) is 26.2 Å². The fraction of sp³-hybridized carbons (Fsp3) is 0.0755. The SMILES string of the molecule is CCCCOc1ccc([S+](c2ccccc2)c2ccccc2)cc1.O=C([O-])c1cc(Oc2ccccc2)c(Oc2ccccc2)c(Oc2ccccc2)c1-c1ccccc1. The van der Waals surface area contributed by atoms with Gasteiger partial charge in [0.25, 0.3) is 0 Å². The van der Waals surface area contributed by atoms with E-state index in [9.17, 15) is 9.90 Å². The molecule has 0 fully saturated rings. The minimum absolute atomic E-state index is 0.0847. The molecule has 0 aromatic heterocycles. The van der Waals surface area contributed by atoms with Crippen molar-refractivity contribution in [3.63, 3.8) is 0 Å². The standard InChI is InChI=1S/C31H22O5.C22H23OS/c32-31(33)26-21-27(34-23-15-7-2-8-16-23)29(35-24-17-9-3-10-18-24)30(36-25-19-11-4-12-20-25)28(26)22-13-5-1-6-14-22;1-2-3-18-23-19-14-16-22(17-15-19)24(20-10-6-4-7-11-20)21-12-8-5-9-13-21/h1-21H,(H,32,33);4-17H,2-3,18H2,1H3/q;+1/p-1. The monoisotopic (exact) mass is 808 g/mol. The van der Waals surface area contributed by atoms with Crippen LogP contribution in [0.4, 0.5) is 0 Å². The highest BCUT2D eigenvalue weighted by molar-refractivity contribution is 7.97. The lowest BCUT2D eigenvalue weighted by Gasteiger charge is -2.23. The van der Waals surface area contributed by atoms with Crippen molar-refractivity contribution in [2.24, 2.45) is 0 Å². The van der Waals surface area contributed by atoms with Crippen LogP contribution in [0.25, 0.3) is 11.1 Å². The second kappa shape index (κ2) is 21.0. The summed E-state index contributed by atoms with van der Waals surface area (Å²) in [5.41, 5.74) is 0.871. The first kappa shape index (κ1) is 41.0. The molecule has 60 heavy (non-hydrogen) atoms. The summed E-state index contributed by atoms with van der Waals surface area (Å²) < 4.78 is 24.6. The third kappa shape index (κ3) is 10.8. The first-order valence-corrected chi connectivity index (χ1v) is 21.0. The number of hydrogen-bond donors (Lipinski definition) is 0. The fourth-order valence-corrected chi connectivity index (χ4v) is 8.38. The Labute approximate surface area is 354 Å². The Balaban J connectivity index is 0.000000197. The smallest absolute Gasteiger partial charge is 0.213 e. The van der Waals surface area contributed by atoms with Gasteiger partial charge in [0.2, 0.25) is 5.75 Å². The van der Waals surface area contributed by atoms with Gasteiger partial charge in [0.1, 0.15) is 23.0 Å². The fourth-order valence-electron chi connectivity index (χ4n) is 6.29. The summed E-state index contributed by atoms with van der Waals surface area (Å²) in [5, 5.41) is 12.4. The number of para-hydroxylation sites is 3. The second-order valence-corrected chi connectivity index (χ2v) is 15.5. The van der Waals surface area contributed by atoms with Gasteiger partial charge < -0.3 is 28.8 Å². The molecule has 0 radical (unpaired) electrons. The number of benzene rings is 8. The Morgan fingerprint density at radius 2 is 0.900 bits per heavy atom. The maximum atomic E-state index is 12.4. The number of unbranched alkanes of at least 4 members (excludes halogenated alkanes) is 1.